The third-order valence-corrected chi connectivity index (χ3v) is 1.62. The van der Waals surface area contributed by atoms with Crippen LogP contribution in [-0.4, -0.2) is 36.5 Å². The van der Waals surface area contributed by atoms with Gasteiger partial charge in [0.25, 0.3) is 0 Å². The third-order valence-electron chi connectivity index (χ3n) is 1.62. The zero-order valence-corrected chi connectivity index (χ0v) is 6.01. The van der Waals surface area contributed by atoms with Crippen molar-refractivity contribution in [1.82, 2.24) is 10.6 Å². The van der Waals surface area contributed by atoms with Crippen LogP contribution in [0, 0.1) is 0 Å². The number of carbonyl (C=O) groups is 1. The van der Waals surface area contributed by atoms with E-state index in [-0.39, 0.29) is 12.5 Å². The quantitative estimate of drug-likeness (QED) is 0.506. The van der Waals surface area contributed by atoms with Crippen LogP contribution < -0.4 is 10.6 Å². The fourth-order valence-electron chi connectivity index (χ4n) is 1.17. The Hall–Kier alpha value is -0.840. The number of alkyl halides is 1. The van der Waals surface area contributed by atoms with E-state index in [1.54, 1.807) is 0 Å². The first-order chi connectivity index (χ1) is 5.18. The van der Waals surface area contributed by atoms with Gasteiger partial charge < -0.3 is 15.7 Å². The maximum absolute atomic E-state index is 12.6. The molecule has 0 radical (unpaired) electrons. The van der Waals surface area contributed by atoms with Crippen LogP contribution in [0.5, 0.6) is 0 Å². The van der Waals surface area contributed by atoms with Crippen molar-refractivity contribution in [3.8, 4) is 0 Å². The summed E-state index contributed by atoms with van der Waals surface area (Å²) in [4.78, 5) is 10.1. The molecule has 1 aliphatic rings. The Labute approximate surface area is 63.8 Å². The fourth-order valence-corrected chi connectivity index (χ4v) is 1.17. The zero-order valence-electron chi connectivity index (χ0n) is 6.01. The largest absolute Gasteiger partial charge is 0.465 e. The van der Waals surface area contributed by atoms with Gasteiger partial charge in [0.2, 0.25) is 0 Å². The summed E-state index contributed by atoms with van der Waals surface area (Å²) < 4.78 is 12.6. The van der Waals surface area contributed by atoms with Crippen molar-refractivity contribution in [3.05, 3.63) is 0 Å². The summed E-state index contributed by atoms with van der Waals surface area (Å²) in [5.74, 6) is 0. The number of hydrogen-bond acceptors (Lipinski definition) is 2. The number of hydrogen-bond donors (Lipinski definition) is 3. The molecule has 0 bridgehead atoms. The molecule has 5 heteroatoms. The number of rotatable bonds is 1. The van der Waals surface area contributed by atoms with Crippen LogP contribution in [0.1, 0.15) is 6.42 Å². The van der Waals surface area contributed by atoms with E-state index in [4.69, 9.17) is 5.11 Å². The van der Waals surface area contributed by atoms with Crippen LogP contribution in [-0.2, 0) is 0 Å². The minimum Gasteiger partial charge on any atom is -0.465 e. The molecule has 1 fully saturated rings. The molecule has 0 aliphatic carbocycles. The minimum atomic E-state index is -1.09. The molecule has 0 unspecified atom stereocenters. The van der Waals surface area contributed by atoms with Crippen LogP contribution >= 0.6 is 0 Å². The minimum absolute atomic E-state index is 0.277. The van der Waals surface area contributed by atoms with E-state index in [1.165, 1.54) is 0 Å². The SMILES string of the molecule is O=C(O)N[C@H]1CNC[C@H](F)C1. The highest BCUT2D eigenvalue weighted by Crippen LogP contribution is 2.05. The topological polar surface area (TPSA) is 61.4 Å². The molecule has 1 saturated heterocycles. The van der Waals surface area contributed by atoms with Gasteiger partial charge in [-0.3, -0.25) is 0 Å². The lowest BCUT2D eigenvalue weighted by Crippen LogP contribution is -2.49. The molecule has 2 atom stereocenters. The number of nitrogens with one attached hydrogen (secondary N) is 2. The molecule has 0 saturated carbocycles. The first-order valence-electron chi connectivity index (χ1n) is 3.52. The Kier molecular flexibility index (Phi) is 2.64. The summed E-state index contributed by atoms with van der Waals surface area (Å²) in [5.41, 5.74) is 0. The third kappa shape index (κ3) is 2.71. The van der Waals surface area contributed by atoms with Gasteiger partial charge in [-0.2, -0.15) is 0 Å². The normalized spacial score (nSPS) is 31.4. The van der Waals surface area contributed by atoms with Crippen LogP contribution in [0.4, 0.5) is 9.18 Å². The lowest BCUT2D eigenvalue weighted by atomic mass is 10.1. The maximum atomic E-state index is 12.6. The van der Waals surface area contributed by atoms with Crippen LogP contribution in [0.25, 0.3) is 0 Å². The predicted molar refractivity (Wildman–Crippen MR) is 37.3 cm³/mol. The smallest absolute Gasteiger partial charge is 0.404 e. The van der Waals surface area contributed by atoms with Crippen molar-refractivity contribution in [2.75, 3.05) is 13.1 Å². The number of carboxylic acid groups (broad SMARTS) is 1. The Morgan fingerprint density at radius 1 is 1.64 bits per heavy atom. The summed E-state index contributed by atoms with van der Waals surface area (Å²) in [6.45, 7) is 0.852. The van der Waals surface area contributed by atoms with Crippen LogP contribution in [0.2, 0.25) is 0 Å². The molecule has 4 nitrogen and oxygen atoms in total. The van der Waals surface area contributed by atoms with Gasteiger partial charge in [0, 0.05) is 25.6 Å². The van der Waals surface area contributed by atoms with Gasteiger partial charge >= 0.3 is 6.09 Å². The van der Waals surface area contributed by atoms with Gasteiger partial charge in [0.1, 0.15) is 6.17 Å². The van der Waals surface area contributed by atoms with Crippen molar-refractivity contribution in [3.63, 3.8) is 0 Å². The summed E-state index contributed by atoms with van der Waals surface area (Å²) in [5, 5.41) is 13.3. The highest BCUT2D eigenvalue weighted by molar-refractivity contribution is 5.64. The molecule has 0 aromatic heterocycles. The van der Waals surface area contributed by atoms with E-state index in [0.29, 0.717) is 13.1 Å². The Morgan fingerprint density at radius 3 is 2.91 bits per heavy atom. The van der Waals surface area contributed by atoms with Crippen LogP contribution in [0.3, 0.4) is 0 Å². The summed E-state index contributed by atoms with van der Waals surface area (Å²) >= 11 is 0. The lowest BCUT2D eigenvalue weighted by molar-refractivity contribution is 0.177. The van der Waals surface area contributed by atoms with Gasteiger partial charge in [-0.05, 0) is 0 Å². The average molecular weight is 162 g/mol. The first-order valence-corrected chi connectivity index (χ1v) is 3.52. The summed E-state index contributed by atoms with van der Waals surface area (Å²) in [7, 11) is 0. The predicted octanol–water partition coefficient (Wildman–Crippen LogP) is -0.0460. The van der Waals surface area contributed by atoms with E-state index in [9.17, 15) is 9.18 Å². The molecule has 0 spiro atoms. The molecular formula is C6H11FN2O2. The second-order valence-corrected chi connectivity index (χ2v) is 2.64. The molecule has 0 aromatic rings. The number of piperidine rings is 1. The van der Waals surface area contributed by atoms with E-state index in [0.717, 1.165) is 0 Å². The standard InChI is InChI=1S/C6H11FN2O2/c7-4-1-5(3-8-2-4)9-6(10)11/h4-5,8-9H,1-3H2,(H,10,11)/t4-,5-/m1/s1. The molecule has 1 aliphatic heterocycles. The van der Waals surface area contributed by atoms with Gasteiger partial charge in [-0.15, -0.1) is 0 Å². The summed E-state index contributed by atoms with van der Waals surface area (Å²) in [6, 6.07) is -0.281. The number of halogens is 1. The molecule has 3 N–H and O–H groups in total. The molecule has 1 rings (SSSR count). The fraction of sp³-hybridized carbons (Fsp3) is 0.833. The van der Waals surface area contributed by atoms with Crippen molar-refractivity contribution >= 4 is 6.09 Å². The Balaban J connectivity index is 2.28. The maximum Gasteiger partial charge on any atom is 0.404 e. The molecule has 64 valence electrons. The Morgan fingerprint density at radius 2 is 2.36 bits per heavy atom. The molecule has 11 heavy (non-hydrogen) atoms. The first kappa shape index (κ1) is 8.26. The van der Waals surface area contributed by atoms with Crippen LogP contribution in [0.15, 0.2) is 0 Å². The molecule has 1 heterocycles. The van der Waals surface area contributed by atoms with Gasteiger partial charge in [-0.1, -0.05) is 0 Å². The monoisotopic (exact) mass is 162 g/mol. The molecular weight excluding hydrogens is 151 g/mol. The lowest BCUT2D eigenvalue weighted by Gasteiger charge is -2.25. The van der Waals surface area contributed by atoms with Gasteiger partial charge in [-0.25, -0.2) is 9.18 Å². The van der Waals surface area contributed by atoms with E-state index >= 15 is 0 Å². The highest BCUT2D eigenvalue weighted by atomic mass is 19.1. The number of amides is 1. The Bertz CT molecular complexity index is 154. The summed E-state index contributed by atoms with van der Waals surface area (Å²) in [6.07, 6.45) is -1.74. The van der Waals surface area contributed by atoms with Crippen molar-refractivity contribution < 1.29 is 14.3 Å². The van der Waals surface area contributed by atoms with Crippen molar-refractivity contribution in [1.29, 1.82) is 0 Å². The van der Waals surface area contributed by atoms with Crippen molar-refractivity contribution in [2.24, 2.45) is 0 Å². The van der Waals surface area contributed by atoms with Gasteiger partial charge in [0.05, 0.1) is 0 Å². The zero-order chi connectivity index (χ0) is 8.27. The molecule has 1 amide bonds. The van der Waals surface area contributed by atoms with Gasteiger partial charge in [0.15, 0.2) is 0 Å². The van der Waals surface area contributed by atoms with E-state index < -0.39 is 12.3 Å². The second kappa shape index (κ2) is 3.52. The molecule has 0 aromatic carbocycles. The van der Waals surface area contributed by atoms with E-state index in [2.05, 4.69) is 10.6 Å². The van der Waals surface area contributed by atoms with Crippen molar-refractivity contribution in [2.45, 2.75) is 18.6 Å². The van der Waals surface area contributed by atoms with E-state index in [1.807, 2.05) is 0 Å². The average Bonchev–Trinajstić information content (AvgIpc) is 1.85. The second-order valence-electron chi connectivity index (χ2n) is 2.64. The highest BCUT2D eigenvalue weighted by Gasteiger charge is 2.21.